The number of carbonyl (C=O) groups is 1. The number of rotatable bonds is 6. The van der Waals surface area contributed by atoms with Gasteiger partial charge in [0.25, 0.3) is 5.91 Å². The first-order valence-corrected chi connectivity index (χ1v) is 8.72. The molecule has 3 heterocycles. The number of nitrogens with zero attached hydrogens (tertiary/aromatic N) is 4. The van der Waals surface area contributed by atoms with Crippen LogP contribution >= 0.6 is 0 Å². The van der Waals surface area contributed by atoms with Crippen molar-refractivity contribution in [2.45, 2.75) is 33.2 Å². The molecule has 1 amide bonds. The maximum absolute atomic E-state index is 11.9. The number of furan rings is 1. The maximum Gasteiger partial charge on any atom is 0.286 e. The summed E-state index contributed by atoms with van der Waals surface area (Å²) >= 11 is 0. The quantitative estimate of drug-likeness (QED) is 0.808. The van der Waals surface area contributed by atoms with E-state index >= 15 is 0 Å². The molecule has 7 nitrogen and oxygen atoms in total. The van der Waals surface area contributed by atoms with Crippen molar-refractivity contribution in [2.24, 2.45) is 0 Å². The first-order valence-electron chi connectivity index (χ1n) is 8.72. The average molecular weight is 343 g/mol. The van der Waals surface area contributed by atoms with E-state index in [4.69, 9.17) is 4.42 Å². The molecule has 134 valence electrons. The van der Waals surface area contributed by atoms with Crippen LogP contribution in [0.1, 0.15) is 36.1 Å². The summed E-state index contributed by atoms with van der Waals surface area (Å²) in [6.45, 7) is 8.62. The number of carbonyl (C=O) groups excluding carboxylic acids is 1. The maximum atomic E-state index is 11.9. The van der Waals surface area contributed by atoms with Crippen molar-refractivity contribution in [3.05, 3.63) is 47.5 Å². The lowest BCUT2D eigenvalue weighted by atomic mass is 10.3. The molecular formula is C18H25N5O2. The summed E-state index contributed by atoms with van der Waals surface area (Å²) in [5, 5.41) is 11.5. The molecule has 1 N–H and O–H groups in total. The van der Waals surface area contributed by atoms with Crippen LogP contribution in [0.3, 0.4) is 0 Å². The van der Waals surface area contributed by atoms with Crippen LogP contribution in [-0.2, 0) is 19.4 Å². The minimum absolute atomic E-state index is 0.200. The number of fused-ring (bicyclic) bond motifs is 1. The van der Waals surface area contributed by atoms with Crippen molar-refractivity contribution in [3.63, 3.8) is 0 Å². The summed E-state index contributed by atoms with van der Waals surface area (Å²) in [5.41, 5.74) is 1.34. The van der Waals surface area contributed by atoms with Gasteiger partial charge in [0, 0.05) is 45.6 Å². The molecule has 25 heavy (non-hydrogen) atoms. The van der Waals surface area contributed by atoms with Crippen LogP contribution in [0.5, 0.6) is 0 Å². The highest BCUT2D eigenvalue weighted by atomic mass is 16.3. The number of nitrogens with one attached hydrogen (secondary N) is 1. The Morgan fingerprint density at radius 1 is 1.32 bits per heavy atom. The summed E-state index contributed by atoms with van der Waals surface area (Å²) in [7, 11) is 0. The molecule has 2 aromatic rings. The Morgan fingerprint density at radius 2 is 2.20 bits per heavy atom. The minimum Gasteiger partial charge on any atom is -0.459 e. The highest BCUT2D eigenvalue weighted by Gasteiger charge is 2.18. The molecule has 1 aliphatic heterocycles. The molecule has 0 radical (unpaired) electrons. The van der Waals surface area contributed by atoms with E-state index in [1.807, 2.05) is 0 Å². The summed E-state index contributed by atoms with van der Waals surface area (Å²) in [5.74, 6) is 2.09. The fraction of sp³-hybridized carbons (Fsp3) is 0.500. The number of allylic oxidation sites excluding steroid dienone is 1. The predicted octanol–water partition coefficient (Wildman–Crippen LogP) is 1.67. The molecular weight excluding hydrogens is 318 g/mol. The molecule has 7 heteroatoms. The van der Waals surface area contributed by atoms with Gasteiger partial charge in [-0.3, -0.25) is 9.69 Å². The lowest BCUT2D eigenvalue weighted by Gasteiger charge is -2.17. The summed E-state index contributed by atoms with van der Waals surface area (Å²) in [6.07, 6.45) is 5.32. The molecule has 0 aliphatic carbocycles. The van der Waals surface area contributed by atoms with Gasteiger partial charge in [0.2, 0.25) is 0 Å². The Morgan fingerprint density at radius 3 is 2.96 bits per heavy atom. The molecule has 3 rings (SSSR count). The Kier molecular flexibility index (Phi) is 5.65. The van der Waals surface area contributed by atoms with E-state index < -0.39 is 0 Å². The highest BCUT2D eigenvalue weighted by Crippen LogP contribution is 2.10. The zero-order valence-electron chi connectivity index (χ0n) is 14.9. The van der Waals surface area contributed by atoms with Gasteiger partial charge in [-0.1, -0.05) is 11.6 Å². The fourth-order valence-corrected chi connectivity index (χ4v) is 2.89. The first-order chi connectivity index (χ1) is 12.1. The van der Waals surface area contributed by atoms with E-state index in [9.17, 15) is 4.79 Å². The van der Waals surface area contributed by atoms with Gasteiger partial charge in [0.1, 0.15) is 11.6 Å². The van der Waals surface area contributed by atoms with E-state index in [1.54, 1.807) is 12.1 Å². The van der Waals surface area contributed by atoms with Crippen LogP contribution in [0.4, 0.5) is 0 Å². The van der Waals surface area contributed by atoms with Crippen molar-refractivity contribution in [3.8, 4) is 0 Å². The van der Waals surface area contributed by atoms with Gasteiger partial charge >= 0.3 is 0 Å². The monoisotopic (exact) mass is 343 g/mol. The van der Waals surface area contributed by atoms with Gasteiger partial charge in [-0.25, -0.2) is 0 Å². The molecule has 0 aromatic carbocycles. The van der Waals surface area contributed by atoms with Gasteiger partial charge in [-0.15, -0.1) is 10.2 Å². The molecule has 0 saturated carbocycles. The lowest BCUT2D eigenvalue weighted by molar-refractivity contribution is 0.0926. The topological polar surface area (TPSA) is 76.2 Å². The van der Waals surface area contributed by atoms with Crippen LogP contribution in [0.15, 0.2) is 34.5 Å². The Bertz CT molecular complexity index is 729. The van der Waals surface area contributed by atoms with Gasteiger partial charge in [-0.2, -0.15) is 0 Å². The molecule has 0 saturated heterocycles. The fourth-order valence-electron chi connectivity index (χ4n) is 2.89. The van der Waals surface area contributed by atoms with Crippen molar-refractivity contribution in [1.29, 1.82) is 0 Å². The van der Waals surface area contributed by atoms with Gasteiger partial charge in [-0.05, 0) is 26.0 Å². The standard InChI is InChI=1S/C18H25N5O2/c1-14(2)6-9-22-10-7-17-21-20-16(23(17)12-11-22)5-8-19-18(24)15-4-3-13-25-15/h3-4,6,13H,5,7-12H2,1-2H3,(H,19,24). The number of hydrogen-bond donors (Lipinski definition) is 1. The van der Waals surface area contributed by atoms with Gasteiger partial charge in [0.15, 0.2) is 5.76 Å². The average Bonchev–Trinajstić information content (AvgIpc) is 3.20. The zero-order chi connectivity index (χ0) is 17.6. The van der Waals surface area contributed by atoms with Crippen LogP contribution in [0, 0.1) is 0 Å². The molecule has 0 unspecified atom stereocenters. The first kappa shape index (κ1) is 17.4. The van der Waals surface area contributed by atoms with Crippen LogP contribution in [-0.4, -0.2) is 51.8 Å². The Hall–Kier alpha value is -2.41. The zero-order valence-corrected chi connectivity index (χ0v) is 14.9. The summed E-state index contributed by atoms with van der Waals surface area (Å²) in [6, 6.07) is 3.35. The van der Waals surface area contributed by atoms with E-state index in [0.29, 0.717) is 18.7 Å². The molecule has 0 fully saturated rings. The molecule has 0 spiro atoms. The second kappa shape index (κ2) is 8.11. The predicted molar refractivity (Wildman–Crippen MR) is 94.3 cm³/mol. The smallest absolute Gasteiger partial charge is 0.286 e. The highest BCUT2D eigenvalue weighted by molar-refractivity contribution is 5.91. The van der Waals surface area contributed by atoms with Crippen LogP contribution in [0.25, 0.3) is 0 Å². The lowest BCUT2D eigenvalue weighted by Crippen LogP contribution is -2.28. The number of amides is 1. The summed E-state index contributed by atoms with van der Waals surface area (Å²) < 4.78 is 7.28. The van der Waals surface area contributed by atoms with Crippen LogP contribution < -0.4 is 5.32 Å². The molecule has 0 bridgehead atoms. The number of aromatic nitrogens is 3. The third kappa shape index (κ3) is 4.57. The van der Waals surface area contributed by atoms with Crippen molar-refractivity contribution in [1.82, 2.24) is 25.0 Å². The third-order valence-corrected chi connectivity index (χ3v) is 4.33. The molecule has 2 aromatic heterocycles. The largest absolute Gasteiger partial charge is 0.459 e. The van der Waals surface area contributed by atoms with E-state index in [0.717, 1.165) is 44.2 Å². The molecule has 1 aliphatic rings. The van der Waals surface area contributed by atoms with E-state index in [2.05, 4.69) is 44.9 Å². The van der Waals surface area contributed by atoms with Gasteiger partial charge < -0.3 is 14.3 Å². The minimum atomic E-state index is -0.200. The second-order valence-corrected chi connectivity index (χ2v) is 6.50. The summed E-state index contributed by atoms with van der Waals surface area (Å²) in [4.78, 5) is 14.3. The van der Waals surface area contributed by atoms with Gasteiger partial charge in [0.05, 0.1) is 6.26 Å². The number of hydrogen-bond acceptors (Lipinski definition) is 5. The SMILES string of the molecule is CC(C)=CCN1CCc2nnc(CCNC(=O)c3ccco3)n2CC1. The van der Waals surface area contributed by atoms with E-state index in [1.165, 1.54) is 11.8 Å². The Labute approximate surface area is 147 Å². The molecule has 0 atom stereocenters. The van der Waals surface area contributed by atoms with Crippen molar-refractivity contribution < 1.29 is 9.21 Å². The second-order valence-electron chi connectivity index (χ2n) is 6.50. The normalized spacial score (nSPS) is 14.6. The van der Waals surface area contributed by atoms with Crippen molar-refractivity contribution in [2.75, 3.05) is 26.2 Å². The Balaban J connectivity index is 1.53. The van der Waals surface area contributed by atoms with Crippen molar-refractivity contribution >= 4 is 5.91 Å². The van der Waals surface area contributed by atoms with Crippen LogP contribution in [0.2, 0.25) is 0 Å². The third-order valence-electron chi connectivity index (χ3n) is 4.33. The van der Waals surface area contributed by atoms with E-state index in [-0.39, 0.29) is 5.91 Å².